The van der Waals surface area contributed by atoms with Crippen molar-refractivity contribution in [3.8, 4) is 0 Å². The Morgan fingerprint density at radius 3 is 2.64 bits per heavy atom. The Morgan fingerprint density at radius 1 is 1.09 bits per heavy atom. The van der Waals surface area contributed by atoms with E-state index in [1.54, 1.807) is 11.8 Å². The fourth-order valence-corrected chi connectivity index (χ4v) is 5.40. The van der Waals surface area contributed by atoms with Gasteiger partial charge in [-0.15, -0.1) is 0 Å². The minimum atomic E-state index is -0.0221. The molecule has 2 fully saturated rings. The Bertz CT molecular complexity index is 879. The average Bonchev–Trinajstić information content (AvgIpc) is 3.72. The lowest BCUT2D eigenvalue weighted by atomic mass is 9.96. The molecule has 4 nitrogen and oxygen atoms in total. The van der Waals surface area contributed by atoms with Gasteiger partial charge in [0, 0.05) is 32.4 Å². The van der Waals surface area contributed by atoms with Crippen molar-refractivity contribution in [3.63, 3.8) is 0 Å². The molecule has 0 spiro atoms. The molecule has 180 valence electrons. The molecule has 0 amide bonds. The molecule has 33 heavy (non-hydrogen) atoms. The van der Waals surface area contributed by atoms with Crippen LogP contribution in [-0.2, 0) is 17.7 Å². The quantitative estimate of drug-likeness (QED) is 0.364. The van der Waals surface area contributed by atoms with Crippen molar-refractivity contribution in [1.82, 2.24) is 10.6 Å². The number of ether oxygens (including phenoxy) is 1. The summed E-state index contributed by atoms with van der Waals surface area (Å²) in [6, 6.07) is 16.1. The normalized spacial score (nSPS) is 19.4. The number of methoxy groups -OCH3 is 1. The number of hydrogen-bond acceptors (Lipinski definition) is 5. The second kappa shape index (κ2) is 12.3. The zero-order valence-corrected chi connectivity index (χ0v) is 21.2. The van der Waals surface area contributed by atoms with Gasteiger partial charge in [0.25, 0.3) is 0 Å². The van der Waals surface area contributed by atoms with Gasteiger partial charge in [-0.25, -0.2) is 0 Å². The van der Waals surface area contributed by atoms with Crippen LogP contribution in [0.5, 0.6) is 0 Å². The molecule has 2 N–H and O–H groups in total. The molecular weight excluding hydrogens is 426 g/mol. The molecule has 2 aromatic carbocycles. The molecule has 1 atom stereocenters. The Morgan fingerprint density at radius 2 is 1.88 bits per heavy atom. The molecule has 1 aliphatic carbocycles. The lowest BCUT2D eigenvalue weighted by Crippen LogP contribution is -2.35. The molecule has 0 radical (unpaired) electrons. The molecule has 5 heteroatoms. The lowest BCUT2D eigenvalue weighted by Gasteiger charge is -2.33. The number of hydrogen-bond donors (Lipinski definition) is 3. The zero-order chi connectivity index (χ0) is 23.0. The summed E-state index contributed by atoms with van der Waals surface area (Å²) in [7, 11) is 1.82. The van der Waals surface area contributed by atoms with Gasteiger partial charge in [0.05, 0.1) is 0 Å². The maximum absolute atomic E-state index is 5.85. The van der Waals surface area contributed by atoms with E-state index >= 15 is 0 Å². The second-order valence-corrected chi connectivity index (χ2v) is 9.60. The Kier molecular flexibility index (Phi) is 9.13. The standard InChI is InChI=1S/C27H37N3O.CH4S/c1-31-27(29-18-20-12-14-28-15-13-20)23-10-11-26-22(17-23)6-4-16-30(26)19-24-5-2-3-7-25(24)21-8-9-21;1-2/h2-3,5,7,10-11,17,20-21,27-29H,4,6,8-9,12-16,18-19H2,1H3;2H,1H3. The Hall–Kier alpha value is -1.53. The van der Waals surface area contributed by atoms with Crippen LogP contribution in [0.1, 0.15) is 66.5 Å². The summed E-state index contributed by atoms with van der Waals surface area (Å²) in [5.41, 5.74) is 7.23. The van der Waals surface area contributed by atoms with Crippen molar-refractivity contribution in [2.75, 3.05) is 44.4 Å². The van der Waals surface area contributed by atoms with Gasteiger partial charge in [-0.2, -0.15) is 12.6 Å². The topological polar surface area (TPSA) is 36.5 Å². The first kappa shape index (κ1) is 24.6. The first-order valence-electron chi connectivity index (χ1n) is 12.7. The number of benzene rings is 2. The van der Waals surface area contributed by atoms with Gasteiger partial charge in [0.15, 0.2) is 0 Å². The van der Waals surface area contributed by atoms with E-state index in [-0.39, 0.29) is 6.23 Å². The van der Waals surface area contributed by atoms with Gasteiger partial charge < -0.3 is 15.0 Å². The number of nitrogens with one attached hydrogen (secondary N) is 2. The van der Waals surface area contributed by atoms with Crippen LogP contribution in [0.4, 0.5) is 5.69 Å². The highest BCUT2D eigenvalue weighted by molar-refractivity contribution is 7.79. The molecule has 5 rings (SSSR count). The molecule has 2 aliphatic heterocycles. The Labute approximate surface area is 205 Å². The van der Waals surface area contributed by atoms with Crippen molar-refractivity contribution in [2.45, 2.75) is 57.2 Å². The van der Waals surface area contributed by atoms with Gasteiger partial charge in [-0.1, -0.05) is 30.3 Å². The van der Waals surface area contributed by atoms with Crippen LogP contribution in [0.2, 0.25) is 0 Å². The summed E-state index contributed by atoms with van der Waals surface area (Å²) < 4.78 is 5.85. The van der Waals surface area contributed by atoms with Crippen molar-refractivity contribution in [3.05, 3.63) is 64.7 Å². The number of piperidine rings is 1. The van der Waals surface area contributed by atoms with Crippen LogP contribution < -0.4 is 15.5 Å². The van der Waals surface area contributed by atoms with E-state index in [0.29, 0.717) is 0 Å². The number of anilines is 1. The van der Waals surface area contributed by atoms with Crippen molar-refractivity contribution >= 4 is 18.3 Å². The minimum Gasteiger partial charge on any atom is -0.367 e. The van der Waals surface area contributed by atoms with E-state index in [1.165, 1.54) is 54.5 Å². The van der Waals surface area contributed by atoms with E-state index < -0.39 is 0 Å². The van der Waals surface area contributed by atoms with E-state index in [2.05, 4.69) is 70.6 Å². The van der Waals surface area contributed by atoms with Crippen LogP contribution in [0.3, 0.4) is 0 Å². The summed E-state index contributed by atoms with van der Waals surface area (Å²) in [6.07, 6.45) is 9.29. The highest BCUT2D eigenvalue weighted by atomic mass is 32.1. The van der Waals surface area contributed by atoms with Gasteiger partial charge in [-0.3, -0.25) is 5.32 Å². The van der Waals surface area contributed by atoms with Crippen LogP contribution in [-0.4, -0.2) is 39.5 Å². The van der Waals surface area contributed by atoms with E-state index in [4.69, 9.17) is 4.74 Å². The largest absolute Gasteiger partial charge is 0.367 e. The summed E-state index contributed by atoms with van der Waals surface area (Å²) in [5, 5.41) is 7.13. The van der Waals surface area contributed by atoms with Crippen molar-refractivity contribution < 1.29 is 4.74 Å². The van der Waals surface area contributed by atoms with Crippen molar-refractivity contribution in [1.29, 1.82) is 0 Å². The predicted molar refractivity (Wildman–Crippen MR) is 142 cm³/mol. The predicted octanol–water partition coefficient (Wildman–Crippen LogP) is 5.30. The van der Waals surface area contributed by atoms with Gasteiger partial charge in [-0.05, 0) is 104 Å². The molecule has 1 saturated carbocycles. The smallest absolute Gasteiger partial charge is 0.133 e. The van der Waals surface area contributed by atoms with E-state index in [9.17, 15) is 0 Å². The third-order valence-electron chi connectivity index (χ3n) is 7.34. The number of rotatable bonds is 8. The molecule has 2 aromatic rings. The van der Waals surface area contributed by atoms with E-state index in [0.717, 1.165) is 51.0 Å². The molecule has 0 aromatic heterocycles. The summed E-state index contributed by atoms with van der Waals surface area (Å²) in [5.74, 6) is 1.55. The number of fused-ring (bicyclic) bond motifs is 1. The maximum atomic E-state index is 5.85. The Balaban J connectivity index is 0.00000126. The summed E-state index contributed by atoms with van der Waals surface area (Å²) >= 11 is 3.53. The molecule has 1 unspecified atom stereocenters. The SMILES string of the molecule is COC(NCC1CCNCC1)c1ccc2c(c1)CCCN2Cc1ccccc1C1CC1.CS. The van der Waals surface area contributed by atoms with Gasteiger partial charge >= 0.3 is 0 Å². The van der Waals surface area contributed by atoms with Gasteiger partial charge in [0.2, 0.25) is 0 Å². The molecule has 1 saturated heterocycles. The fraction of sp³-hybridized carbons (Fsp3) is 0.571. The van der Waals surface area contributed by atoms with Crippen LogP contribution in [0.15, 0.2) is 42.5 Å². The molecule has 2 heterocycles. The first-order valence-corrected chi connectivity index (χ1v) is 13.6. The van der Waals surface area contributed by atoms with E-state index in [1.807, 2.05) is 7.11 Å². The third-order valence-corrected chi connectivity index (χ3v) is 7.34. The lowest BCUT2D eigenvalue weighted by molar-refractivity contribution is 0.0681. The second-order valence-electron chi connectivity index (χ2n) is 9.60. The molecular formula is C28H41N3OS. The average molecular weight is 468 g/mol. The zero-order valence-electron chi connectivity index (χ0n) is 20.4. The first-order chi connectivity index (χ1) is 16.3. The van der Waals surface area contributed by atoms with Crippen LogP contribution in [0.25, 0.3) is 0 Å². The summed E-state index contributed by atoms with van der Waals surface area (Å²) in [6.45, 7) is 5.49. The van der Waals surface area contributed by atoms with Crippen LogP contribution >= 0.6 is 12.6 Å². The summed E-state index contributed by atoms with van der Waals surface area (Å²) in [4.78, 5) is 2.59. The highest BCUT2D eigenvalue weighted by Gasteiger charge is 2.27. The number of aryl methyl sites for hydroxylation is 1. The molecule has 0 bridgehead atoms. The monoisotopic (exact) mass is 467 g/mol. The maximum Gasteiger partial charge on any atom is 0.133 e. The van der Waals surface area contributed by atoms with Crippen LogP contribution in [0, 0.1) is 5.92 Å². The third kappa shape index (κ3) is 6.33. The highest BCUT2D eigenvalue weighted by Crippen LogP contribution is 2.42. The number of nitrogens with zero attached hydrogens (tertiary/aromatic N) is 1. The van der Waals surface area contributed by atoms with Crippen molar-refractivity contribution in [2.24, 2.45) is 5.92 Å². The minimum absolute atomic E-state index is 0.0221. The molecule has 3 aliphatic rings. The fourth-order valence-electron chi connectivity index (χ4n) is 5.40. The number of thiol groups is 1. The van der Waals surface area contributed by atoms with Gasteiger partial charge in [0.1, 0.15) is 6.23 Å².